The van der Waals surface area contributed by atoms with Gasteiger partial charge in [-0.15, -0.1) is 0 Å². The SMILES string of the molecule is C/C(=C\C(=O)O)c1cn(C)c2c(Cl)cccc12. The number of hydrogen-bond acceptors (Lipinski definition) is 1. The summed E-state index contributed by atoms with van der Waals surface area (Å²) in [6, 6.07) is 5.63. The molecule has 88 valence electrons. The number of benzene rings is 1. The van der Waals surface area contributed by atoms with E-state index in [1.165, 1.54) is 6.08 Å². The Balaban J connectivity index is 2.72. The molecule has 1 aromatic heterocycles. The average Bonchev–Trinajstić information content (AvgIpc) is 2.56. The van der Waals surface area contributed by atoms with E-state index in [-0.39, 0.29) is 0 Å². The van der Waals surface area contributed by atoms with Crippen molar-refractivity contribution in [2.45, 2.75) is 6.92 Å². The van der Waals surface area contributed by atoms with Crippen molar-refractivity contribution in [1.29, 1.82) is 0 Å². The summed E-state index contributed by atoms with van der Waals surface area (Å²) in [6.07, 6.45) is 3.10. The smallest absolute Gasteiger partial charge is 0.328 e. The normalized spacial score (nSPS) is 12.1. The molecule has 1 heterocycles. The molecule has 0 aliphatic heterocycles. The highest BCUT2D eigenvalue weighted by Gasteiger charge is 2.10. The van der Waals surface area contributed by atoms with Gasteiger partial charge in [0.1, 0.15) is 0 Å². The topological polar surface area (TPSA) is 42.2 Å². The molecule has 0 spiro atoms. The number of carboxylic acid groups (broad SMARTS) is 1. The summed E-state index contributed by atoms with van der Waals surface area (Å²) in [4.78, 5) is 10.7. The molecule has 0 amide bonds. The highest BCUT2D eigenvalue weighted by molar-refractivity contribution is 6.35. The molecule has 3 nitrogen and oxygen atoms in total. The standard InChI is InChI=1S/C13H12ClNO2/c1-8(6-12(16)17)10-7-15(2)13-9(10)4-3-5-11(13)14/h3-7H,1-2H3,(H,16,17)/b8-6+. The van der Waals surface area contributed by atoms with E-state index in [9.17, 15) is 4.79 Å². The molecule has 1 N–H and O–H groups in total. The molecule has 0 atom stereocenters. The lowest BCUT2D eigenvalue weighted by Gasteiger charge is -1.99. The average molecular weight is 250 g/mol. The van der Waals surface area contributed by atoms with Crippen molar-refractivity contribution in [3.63, 3.8) is 0 Å². The number of aromatic nitrogens is 1. The van der Waals surface area contributed by atoms with Crippen LogP contribution in [0.3, 0.4) is 0 Å². The number of hydrogen-bond donors (Lipinski definition) is 1. The number of halogens is 1. The zero-order chi connectivity index (χ0) is 12.6. The van der Waals surface area contributed by atoms with E-state index in [4.69, 9.17) is 16.7 Å². The third-order valence-electron chi connectivity index (χ3n) is 2.72. The first-order valence-electron chi connectivity index (χ1n) is 5.16. The van der Waals surface area contributed by atoms with Gasteiger partial charge in [0.15, 0.2) is 0 Å². The van der Waals surface area contributed by atoms with E-state index in [2.05, 4.69) is 0 Å². The van der Waals surface area contributed by atoms with Crippen LogP contribution < -0.4 is 0 Å². The minimum atomic E-state index is -0.943. The van der Waals surface area contributed by atoms with Crippen LogP contribution in [0.4, 0.5) is 0 Å². The van der Waals surface area contributed by atoms with Crippen LogP contribution in [0.25, 0.3) is 16.5 Å². The Kier molecular flexibility index (Phi) is 2.94. The van der Waals surface area contributed by atoms with Crippen LogP contribution in [0.2, 0.25) is 5.02 Å². The molecule has 4 heteroatoms. The molecule has 0 bridgehead atoms. The van der Waals surface area contributed by atoms with E-state index in [1.54, 1.807) is 6.92 Å². The monoisotopic (exact) mass is 249 g/mol. The summed E-state index contributed by atoms with van der Waals surface area (Å²) >= 11 is 6.13. The van der Waals surface area contributed by atoms with Gasteiger partial charge in [-0.25, -0.2) is 4.79 Å². The maximum Gasteiger partial charge on any atom is 0.328 e. The third kappa shape index (κ3) is 2.06. The quantitative estimate of drug-likeness (QED) is 0.830. The van der Waals surface area contributed by atoms with Gasteiger partial charge in [0, 0.05) is 30.3 Å². The van der Waals surface area contributed by atoms with E-state index >= 15 is 0 Å². The molecular weight excluding hydrogens is 238 g/mol. The Hall–Kier alpha value is -1.74. The summed E-state index contributed by atoms with van der Waals surface area (Å²) in [7, 11) is 1.89. The van der Waals surface area contributed by atoms with Gasteiger partial charge in [0.25, 0.3) is 0 Å². The Bertz CT molecular complexity index is 626. The molecule has 0 saturated heterocycles. The second-order valence-corrected chi connectivity index (χ2v) is 4.36. The Labute approximate surface area is 104 Å². The van der Waals surface area contributed by atoms with Gasteiger partial charge in [-0.3, -0.25) is 0 Å². The van der Waals surface area contributed by atoms with Gasteiger partial charge in [-0.2, -0.15) is 0 Å². The summed E-state index contributed by atoms with van der Waals surface area (Å²) in [5.74, 6) is -0.943. The Morgan fingerprint density at radius 3 is 2.82 bits per heavy atom. The van der Waals surface area contributed by atoms with Crippen molar-refractivity contribution in [2.24, 2.45) is 7.05 Å². The molecule has 0 aliphatic rings. The molecule has 2 aromatic rings. The lowest BCUT2D eigenvalue weighted by molar-refractivity contribution is -0.131. The number of carbonyl (C=O) groups is 1. The first-order valence-corrected chi connectivity index (χ1v) is 5.53. The predicted molar refractivity (Wildman–Crippen MR) is 69.2 cm³/mol. The highest BCUT2D eigenvalue weighted by Crippen LogP contribution is 2.30. The van der Waals surface area contributed by atoms with Crippen LogP contribution in [0.1, 0.15) is 12.5 Å². The first kappa shape index (κ1) is 11.7. The van der Waals surface area contributed by atoms with E-state index in [0.717, 1.165) is 16.5 Å². The van der Waals surface area contributed by atoms with Crippen molar-refractivity contribution < 1.29 is 9.90 Å². The number of rotatable bonds is 2. The Morgan fingerprint density at radius 2 is 2.18 bits per heavy atom. The number of allylic oxidation sites excluding steroid dienone is 1. The van der Waals surface area contributed by atoms with E-state index in [1.807, 2.05) is 36.0 Å². The molecule has 0 radical (unpaired) electrons. The maximum atomic E-state index is 10.7. The largest absolute Gasteiger partial charge is 0.478 e. The maximum absolute atomic E-state index is 10.7. The fourth-order valence-electron chi connectivity index (χ4n) is 2.00. The van der Waals surface area contributed by atoms with Crippen LogP contribution in [-0.4, -0.2) is 15.6 Å². The lowest BCUT2D eigenvalue weighted by Crippen LogP contribution is -1.89. The van der Waals surface area contributed by atoms with E-state index in [0.29, 0.717) is 10.6 Å². The van der Waals surface area contributed by atoms with Crippen molar-refractivity contribution in [3.05, 3.63) is 41.1 Å². The minimum Gasteiger partial charge on any atom is -0.478 e. The van der Waals surface area contributed by atoms with Crippen LogP contribution in [0, 0.1) is 0 Å². The third-order valence-corrected chi connectivity index (χ3v) is 3.02. The number of para-hydroxylation sites is 1. The predicted octanol–water partition coefficient (Wildman–Crippen LogP) is 3.32. The first-order chi connectivity index (χ1) is 8.00. The van der Waals surface area contributed by atoms with Gasteiger partial charge in [-0.05, 0) is 18.6 Å². The number of aliphatic carboxylic acids is 1. The fraction of sp³-hybridized carbons (Fsp3) is 0.154. The second-order valence-electron chi connectivity index (χ2n) is 3.96. The van der Waals surface area contributed by atoms with Gasteiger partial charge >= 0.3 is 5.97 Å². The summed E-state index contributed by atoms with van der Waals surface area (Å²) in [5.41, 5.74) is 2.53. The zero-order valence-corrected chi connectivity index (χ0v) is 10.3. The van der Waals surface area contributed by atoms with Gasteiger partial charge < -0.3 is 9.67 Å². The molecule has 2 rings (SSSR count). The molecule has 1 aromatic carbocycles. The van der Waals surface area contributed by atoms with Crippen LogP contribution in [0.15, 0.2) is 30.5 Å². The van der Waals surface area contributed by atoms with Gasteiger partial charge in [0.05, 0.1) is 10.5 Å². The highest BCUT2D eigenvalue weighted by atomic mass is 35.5. The fourth-order valence-corrected chi connectivity index (χ4v) is 2.30. The van der Waals surface area contributed by atoms with Crippen LogP contribution in [-0.2, 0) is 11.8 Å². The number of fused-ring (bicyclic) bond motifs is 1. The molecule has 0 fully saturated rings. The van der Waals surface area contributed by atoms with Crippen molar-refractivity contribution in [2.75, 3.05) is 0 Å². The molecule has 0 unspecified atom stereocenters. The number of aryl methyl sites for hydroxylation is 1. The molecular formula is C13H12ClNO2. The van der Waals surface area contributed by atoms with Crippen molar-refractivity contribution in [3.8, 4) is 0 Å². The van der Waals surface area contributed by atoms with Crippen molar-refractivity contribution >= 4 is 34.0 Å². The van der Waals surface area contributed by atoms with Gasteiger partial charge in [0.2, 0.25) is 0 Å². The second kappa shape index (κ2) is 4.26. The zero-order valence-electron chi connectivity index (χ0n) is 9.57. The molecule has 0 saturated carbocycles. The number of nitrogens with zero attached hydrogens (tertiary/aromatic N) is 1. The Morgan fingerprint density at radius 1 is 1.47 bits per heavy atom. The number of carboxylic acids is 1. The summed E-state index contributed by atoms with van der Waals surface area (Å²) < 4.78 is 1.91. The molecule has 0 aliphatic carbocycles. The van der Waals surface area contributed by atoms with Crippen LogP contribution in [0.5, 0.6) is 0 Å². The van der Waals surface area contributed by atoms with Crippen molar-refractivity contribution in [1.82, 2.24) is 4.57 Å². The minimum absolute atomic E-state index is 0.666. The summed E-state index contributed by atoms with van der Waals surface area (Å²) in [5, 5.41) is 10.4. The van der Waals surface area contributed by atoms with E-state index < -0.39 is 5.97 Å². The lowest BCUT2D eigenvalue weighted by atomic mass is 10.1. The molecule has 17 heavy (non-hydrogen) atoms. The van der Waals surface area contributed by atoms with Gasteiger partial charge in [-0.1, -0.05) is 23.7 Å². The summed E-state index contributed by atoms with van der Waals surface area (Å²) in [6.45, 7) is 1.78. The van der Waals surface area contributed by atoms with Crippen LogP contribution >= 0.6 is 11.6 Å².